The fraction of sp³-hybridized carbons (Fsp3) is 0.667. The summed E-state index contributed by atoms with van der Waals surface area (Å²) in [6.45, 7) is 6.45. The maximum absolute atomic E-state index is 12.4. The molecule has 116 valence electrons. The molecule has 1 aromatic heterocycles. The highest BCUT2D eigenvalue weighted by Gasteiger charge is 2.26. The Labute approximate surface area is 132 Å². The molecule has 0 aromatic carbocycles. The number of aliphatic hydroxyl groups excluding tert-OH is 1. The molecule has 1 rings (SSSR count). The number of ether oxygens (including phenoxy) is 1. The summed E-state index contributed by atoms with van der Waals surface area (Å²) in [7, 11) is -3.63. The predicted molar refractivity (Wildman–Crippen MR) is 83.4 cm³/mol. The smallest absolute Gasteiger partial charge is 0.242 e. The molecule has 0 fully saturated rings. The van der Waals surface area contributed by atoms with Crippen molar-refractivity contribution in [1.29, 1.82) is 0 Å². The van der Waals surface area contributed by atoms with Crippen molar-refractivity contribution < 1.29 is 18.3 Å². The first-order valence-corrected chi connectivity index (χ1v) is 9.40. The average Bonchev–Trinajstić information content (AvgIpc) is 2.76. The fourth-order valence-corrected chi connectivity index (χ4v) is 5.44. The van der Waals surface area contributed by atoms with E-state index in [4.69, 9.17) is 9.84 Å². The van der Waals surface area contributed by atoms with E-state index in [1.165, 1.54) is 17.4 Å². The van der Waals surface area contributed by atoms with Gasteiger partial charge in [0.1, 0.15) is 4.90 Å². The second kappa shape index (κ2) is 7.86. The molecule has 1 heterocycles. The first-order chi connectivity index (χ1) is 9.31. The quantitative estimate of drug-likeness (QED) is 0.719. The van der Waals surface area contributed by atoms with Gasteiger partial charge >= 0.3 is 0 Å². The van der Waals surface area contributed by atoms with E-state index in [-0.39, 0.29) is 23.5 Å². The van der Waals surface area contributed by atoms with Crippen LogP contribution in [0.5, 0.6) is 0 Å². The minimum Gasteiger partial charge on any atom is -0.391 e. The summed E-state index contributed by atoms with van der Waals surface area (Å²) in [5.41, 5.74) is 0. The Morgan fingerprint density at radius 1 is 1.50 bits per heavy atom. The topological polar surface area (TPSA) is 75.6 Å². The summed E-state index contributed by atoms with van der Waals surface area (Å²) in [6, 6.07) is 1.19. The molecule has 2 N–H and O–H groups in total. The van der Waals surface area contributed by atoms with Gasteiger partial charge in [-0.05, 0) is 34.8 Å². The average molecular weight is 386 g/mol. The van der Waals surface area contributed by atoms with Crippen LogP contribution in [0.2, 0.25) is 0 Å². The summed E-state index contributed by atoms with van der Waals surface area (Å²) < 4.78 is 33.3. The molecule has 0 saturated heterocycles. The van der Waals surface area contributed by atoms with Crippen LogP contribution in [0.15, 0.2) is 14.7 Å². The van der Waals surface area contributed by atoms with E-state index in [2.05, 4.69) is 20.7 Å². The van der Waals surface area contributed by atoms with Gasteiger partial charge in [-0.2, -0.15) is 0 Å². The van der Waals surface area contributed by atoms with Crippen LogP contribution in [0.25, 0.3) is 0 Å². The molecule has 0 aliphatic carbocycles. The minimum atomic E-state index is -3.63. The molecule has 20 heavy (non-hydrogen) atoms. The monoisotopic (exact) mass is 385 g/mol. The van der Waals surface area contributed by atoms with Gasteiger partial charge in [0.25, 0.3) is 0 Å². The van der Waals surface area contributed by atoms with Gasteiger partial charge in [-0.1, -0.05) is 13.8 Å². The zero-order valence-electron chi connectivity index (χ0n) is 11.7. The van der Waals surface area contributed by atoms with Crippen LogP contribution >= 0.6 is 27.3 Å². The van der Waals surface area contributed by atoms with Crippen LogP contribution < -0.4 is 4.72 Å². The van der Waals surface area contributed by atoms with E-state index in [0.29, 0.717) is 21.9 Å². The molecule has 0 spiro atoms. The highest BCUT2D eigenvalue weighted by molar-refractivity contribution is 9.11. The Kier molecular flexibility index (Phi) is 7.10. The summed E-state index contributed by atoms with van der Waals surface area (Å²) in [5, 5.41) is 9.08. The summed E-state index contributed by atoms with van der Waals surface area (Å²) in [5.74, 6) is 0.117. The van der Waals surface area contributed by atoms with E-state index >= 15 is 0 Å². The zero-order chi connectivity index (χ0) is 15.3. The highest BCUT2D eigenvalue weighted by atomic mass is 79.9. The largest absolute Gasteiger partial charge is 0.391 e. The zero-order valence-corrected chi connectivity index (χ0v) is 14.9. The number of aliphatic hydroxyl groups is 1. The van der Waals surface area contributed by atoms with Crippen LogP contribution in [0.1, 0.15) is 25.6 Å². The van der Waals surface area contributed by atoms with Gasteiger partial charge in [0, 0.05) is 17.5 Å². The number of hydrogen-bond donors (Lipinski definition) is 2. The second-order valence-electron chi connectivity index (χ2n) is 4.64. The molecule has 0 saturated carbocycles. The Morgan fingerprint density at radius 3 is 2.60 bits per heavy atom. The molecule has 5 nitrogen and oxygen atoms in total. The van der Waals surface area contributed by atoms with Crippen LogP contribution in [0, 0.1) is 5.92 Å². The van der Waals surface area contributed by atoms with Crippen molar-refractivity contribution >= 4 is 37.3 Å². The van der Waals surface area contributed by atoms with E-state index in [1.54, 1.807) is 0 Å². The van der Waals surface area contributed by atoms with E-state index in [9.17, 15) is 8.42 Å². The third kappa shape index (κ3) is 4.78. The van der Waals surface area contributed by atoms with Gasteiger partial charge in [-0.25, -0.2) is 13.1 Å². The number of sulfonamides is 1. The van der Waals surface area contributed by atoms with E-state index in [1.807, 2.05) is 20.8 Å². The van der Waals surface area contributed by atoms with Crippen LogP contribution in [0.3, 0.4) is 0 Å². The number of nitrogens with one attached hydrogen (secondary N) is 1. The molecule has 0 radical (unpaired) electrons. The molecular formula is C12H20BrNO4S2. The molecular weight excluding hydrogens is 366 g/mol. The third-order valence-corrected chi connectivity index (χ3v) is 6.49. The molecule has 1 unspecified atom stereocenters. The van der Waals surface area contributed by atoms with Crippen molar-refractivity contribution in [2.24, 2.45) is 5.92 Å². The van der Waals surface area contributed by atoms with Crippen molar-refractivity contribution in [2.75, 3.05) is 13.2 Å². The van der Waals surface area contributed by atoms with Gasteiger partial charge in [-0.15, -0.1) is 11.3 Å². The van der Waals surface area contributed by atoms with E-state index in [0.717, 1.165) is 0 Å². The number of rotatable bonds is 8. The maximum Gasteiger partial charge on any atom is 0.242 e. The molecule has 1 aromatic rings. The lowest BCUT2D eigenvalue weighted by atomic mass is 10.1. The summed E-state index contributed by atoms with van der Waals surface area (Å²) >= 11 is 4.44. The van der Waals surface area contributed by atoms with Gasteiger partial charge in [0.15, 0.2) is 0 Å². The summed E-state index contributed by atoms with van der Waals surface area (Å²) in [4.78, 5) is 0.761. The SMILES string of the molecule is CCOCC(NS(=O)(=O)c1cc(CO)sc1Br)C(C)C. The van der Waals surface area contributed by atoms with Gasteiger partial charge in [0.2, 0.25) is 10.0 Å². The second-order valence-corrected chi connectivity index (χ2v) is 8.78. The van der Waals surface area contributed by atoms with Crippen molar-refractivity contribution in [3.05, 3.63) is 14.7 Å². The maximum atomic E-state index is 12.4. The van der Waals surface area contributed by atoms with Gasteiger partial charge in [0.05, 0.1) is 17.0 Å². The van der Waals surface area contributed by atoms with Gasteiger partial charge < -0.3 is 9.84 Å². The van der Waals surface area contributed by atoms with Crippen molar-refractivity contribution in [1.82, 2.24) is 4.72 Å². The predicted octanol–water partition coefficient (Wildman–Crippen LogP) is 2.34. The standard InChI is InChI=1S/C12H20BrNO4S2/c1-4-18-7-10(8(2)3)14-20(16,17)11-5-9(6-15)19-12(11)13/h5,8,10,14-15H,4,6-7H2,1-3H3. The fourth-order valence-electron chi connectivity index (χ4n) is 1.53. The normalized spacial score (nSPS) is 13.9. The number of hydrogen-bond acceptors (Lipinski definition) is 5. The molecule has 0 aliphatic heterocycles. The molecule has 0 amide bonds. The first kappa shape index (κ1) is 18.1. The lowest BCUT2D eigenvalue weighted by Crippen LogP contribution is -2.41. The van der Waals surface area contributed by atoms with Crippen molar-refractivity contribution in [2.45, 2.75) is 38.3 Å². The van der Waals surface area contributed by atoms with Crippen LogP contribution in [-0.4, -0.2) is 32.8 Å². The Balaban J connectivity index is 2.94. The van der Waals surface area contributed by atoms with Crippen molar-refractivity contribution in [3.63, 3.8) is 0 Å². The molecule has 0 aliphatic rings. The lowest BCUT2D eigenvalue weighted by Gasteiger charge is -2.21. The lowest BCUT2D eigenvalue weighted by molar-refractivity contribution is 0.116. The molecule has 0 bridgehead atoms. The third-order valence-electron chi connectivity index (χ3n) is 2.76. The van der Waals surface area contributed by atoms with E-state index < -0.39 is 10.0 Å². The Hall–Kier alpha value is 0.01000. The van der Waals surface area contributed by atoms with Gasteiger partial charge in [-0.3, -0.25) is 0 Å². The molecule has 1 atom stereocenters. The van der Waals surface area contributed by atoms with Crippen LogP contribution in [-0.2, 0) is 21.4 Å². The number of thiophene rings is 1. The van der Waals surface area contributed by atoms with Crippen molar-refractivity contribution in [3.8, 4) is 0 Å². The minimum absolute atomic E-state index is 0.117. The first-order valence-electron chi connectivity index (χ1n) is 6.31. The Bertz CT molecular complexity index is 528. The molecule has 8 heteroatoms. The highest BCUT2D eigenvalue weighted by Crippen LogP contribution is 2.31. The van der Waals surface area contributed by atoms with Crippen LogP contribution in [0.4, 0.5) is 0 Å². The summed E-state index contributed by atoms with van der Waals surface area (Å²) in [6.07, 6.45) is 0. The Morgan fingerprint density at radius 2 is 2.15 bits per heavy atom. The number of halogens is 1.